The number of nitrogens with one attached hydrogen (secondary N) is 2. The number of hydrogen-bond acceptors (Lipinski definition) is 4. The summed E-state index contributed by atoms with van der Waals surface area (Å²) in [5, 5.41) is 5.48. The first-order valence-corrected chi connectivity index (χ1v) is 6.28. The third-order valence-corrected chi connectivity index (χ3v) is 2.64. The summed E-state index contributed by atoms with van der Waals surface area (Å²) in [4.78, 5) is 19.6. The van der Waals surface area contributed by atoms with Gasteiger partial charge in [0.25, 0.3) is 0 Å². The number of aromatic nitrogens is 3. The van der Waals surface area contributed by atoms with Crippen LogP contribution in [0.15, 0.2) is 37.1 Å². The number of ether oxygens (including phenoxy) is 1. The van der Waals surface area contributed by atoms with Crippen LogP contribution in [0.25, 0.3) is 0 Å². The minimum absolute atomic E-state index is 0.248. The molecular formula is C13H17N5O2. The summed E-state index contributed by atoms with van der Waals surface area (Å²) in [6.45, 7) is 1.41. The molecule has 106 valence electrons. The zero-order valence-corrected chi connectivity index (χ0v) is 11.2. The predicted octanol–water partition coefficient (Wildman–Crippen LogP) is 1.50. The maximum absolute atomic E-state index is 11.6. The van der Waals surface area contributed by atoms with E-state index >= 15 is 0 Å². The molecule has 2 heterocycles. The van der Waals surface area contributed by atoms with Crippen molar-refractivity contribution in [2.24, 2.45) is 0 Å². The summed E-state index contributed by atoms with van der Waals surface area (Å²) in [6, 6.07) is 3.17. The van der Waals surface area contributed by atoms with Crippen LogP contribution in [0.4, 0.5) is 10.5 Å². The molecule has 0 radical (unpaired) electrons. The Kier molecular flexibility index (Phi) is 4.94. The summed E-state index contributed by atoms with van der Waals surface area (Å²) in [5.74, 6) is 0.510. The van der Waals surface area contributed by atoms with Gasteiger partial charge in [-0.05, 0) is 12.5 Å². The molecule has 0 spiro atoms. The minimum atomic E-state index is -0.248. The molecular weight excluding hydrogens is 258 g/mol. The molecule has 0 aliphatic carbocycles. The van der Waals surface area contributed by atoms with Crippen molar-refractivity contribution in [3.63, 3.8) is 0 Å². The van der Waals surface area contributed by atoms with E-state index < -0.39 is 0 Å². The Morgan fingerprint density at radius 3 is 3.00 bits per heavy atom. The average molecular weight is 275 g/mol. The smallest absolute Gasteiger partial charge is 0.319 e. The summed E-state index contributed by atoms with van der Waals surface area (Å²) in [5.41, 5.74) is 0.623. The van der Waals surface area contributed by atoms with E-state index in [4.69, 9.17) is 4.74 Å². The highest BCUT2D eigenvalue weighted by Crippen LogP contribution is 2.10. The number of rotatable bonds is 6. The Bertz CT molecular complexity index is 524. The van der Waals surface area contributed by atoms with Gasteiger partial charge < -0.3 is 19.9 Å². The van der Waals surface area contributed by atoms with Crippen molar-refractivity contribution in [2.45, 2.75) is 13.0 Å². The van der Waals surface area contributed by atoms with Crippen LogP contribution in [-0.4, -0.2) is 34.2 Å². The fourth-order valence-electron chi connectivity index (χ4n) is 1.63. The molecule has 2 aromatic heterocycles. The highest BCUT2D eigenvalue weighted by molar-refractivity contribution is 5.88. The lowest BCUT2D eigenvalue weighted by Gasteiger charge is -2.08. The van der Waals surface area contributed by atoms with Crippen LogP contribution in [0.2, 0.25) is 0 Å². The van der Waals surface area contributed by atoms with Crippen LogP contribution in [0.1, 0.15) is 6.42 Å². The number of anilines is 1. The Morgan fingerprint density at radius 1 is 1.45 bits per heavy atom. The number of nitrogens with zero attached hydrogens (tertiary/aromatic N) is 3. The van der Waals surface area contributed by atoms with Gasteiger partial charge in [0, 0.05) is 31.5 Å². The van der Waals surface area contributed by atoms with E-state index in [0.29, 0.717) is 18.1 Å². The number of carbonyl (C=O) groups is 1. The van der Waals surface area contributed by atoms with E-state index in [1.54, 1.807) is 38.0 Å². The topological polar surface area (TPSA) is 81.1 Å². The molecule has 7 heteroatoms. The van der Waals surface area contributed by atoms with Gasteiger partial charge in [-0.15, -0.1) is 0 Å². The van der Waals surface area contributed by atoms with E-state index in [1.165, 1.54) is 0 Å². The molecule has 0 atom stereocenters. The molecule has 2 rings (SSSR count). The van der Waals surface area contributed by atoms with Crippen LogP contribution in [0.3, 0.4) is 0 Å². The number of methoxy groups -OCH3 is 1. The largest absolute Gasteiger partial charge is 0.481 e. The van der Waals surface area contributed by atoms with Crippen molar-refractivity contribution in [1.82, 2.24) is 19.9 Å². The fraction of sp³-hybridized carbons (Fsp3) is 0.308. The molecule has 0 unspecified atom stereocenters. The van der Waals surface area contributed by atoms with Crippen LogP contribution < -0.4 is 15.4 Å². The second-order valence-corrected chi connectivity index (χ2v) is 4.12. The third-order valence-electron chi connectivity index (χ3n) is 2.64. The summed E-state index contributed by atoms with van der Waals surface area (Å²) < 4.78 is 6.91. The lowest BCUT2D eigenvalue weighted by atomic mass is 10.4. The molecule has 0 saturated heterocycles. The Labute approximate surface area is 117 Å². The second-order valence-electron chi connectivity index (χ2n) is 4.12. The van der Waals surface area contributed by atoms with Gasteiger partial charge in [-0.3, -0.25) is 0 Å². The average Bonchev–Trinajstić information content (AvgIpc) is 2.98. The maximum atomic E-state index is 11.6. The monoisotopic (exact) mass is 275 g/mol. The zero-order valence-electron chi connectivity index (χ0n) is 11.2. The SMILES string of the molecule is COc1ccc(NC(=O)NCCCn2ccnc2)cn1. The third kappa shape index (κ3) is 4.27. The molecule has 0 aliphatic rings. The van der Waals surface area contributed by atoms with Crippen molar-refractivity contribution >= 4 is 11.7 Å². The van der Waals surface area contributed by atoms with Gasteiger partial charge in [-0.25, -0.2) is 14.8 Å². The number of urea groups is 1. The van der Waals surface area contributed by atoms with Gasteiger partial charge in [-0.1, -0.05) is 0 Å². The first-order chi connectivity index (χ1) is 9.78. The molecule has 7 nitrogen and oxygen atoms in total. The lowest BCUT2D eigenvalue weighted by Crippen LogP contribution is -2.30. The minimum Gasteiger partial charge on any atom is -0.481 e. The maximum Gasteiger partial charge on any atom is 0.319 e. The number of imidazole rings is 1. The predicted molar refractivity (Wildman–Crippen MR) is 74.7 cm³/mol. The van der Waals surface area contributed by atoms with Crippen molar-refractivity contribution in [2.75, 3.05) is 19.0 Å². The zero-order chi connectivity index (χ0) is 14.2. The lowest BCUT2D eigenvalue weighted by molar-refractivity contribution is 0.252. The molecule has 0 aliphatic heterocycles. The normalized spacial score (nSPS) is 10.1. The number of hydrogen-bond donors (Lipinski definition) is 2. The second kappa shape index (κ2) is 7.13. The van der Waals surface area contributed by atoms with E-state index in [-0.39, 0.29) is 6.03 Å². The number of aryl methyl sites for hydroxylation is 1. The highest BCUT2D eigenvalue weighted by atomic mass is 16.5. The van der Waals surface area contributed by atoms with Crippen molar-refractivity contribution in [3.05, 3.63) is 37.1 Å². The standard InChI is InChI=1S/C13H17N5O2/c1-20-12-4-3-11(9-16-12)17-13(19)15-5-2-7-18-8-6-14-10-18/h3-4,6,8-10H,2,5,7H2,1H3,(H2,15,17,19). The van der Waals surface area contributed by atoms with E-state index in [9.17, 15) is 4.79 Å². The molecule has 2 aromatic rings. The molecule has 0 aromatic carbocycles. The number of pyridine rings is 1. The summed E-state index contributed by atoms with van der Waals surface area (Å²) in [6.07, 6.45) is 7.76. The quantitative estimate of drug-likeness (QED) is 0.783. The van der Waals surface area contributed by atoms with E-state index in [1.807, 2.05) is 10.8 Å². The van der Waals surface area contributed by atoms with E-state index in [2.05, 4.69) is 20.6 Å². The van der Waals surface area contributed by atoms with Gasteiger partial charge in [0.05, 0.1) is 25.3 Å². The molecule has 2 N–H and O–H groups in total. The molecule has 2 amide bonds. The molecule has 0 fully saturated rings. The number of amides is 2. The molecule has 0 bridgehead atoms. The van der Waals surface area contributed by atoms with E-state index in [0.717, 1.165) is 13.0 Å². The molecule has 20 heavy (non-hydrogen) atoms. The first-order valence-electron chi connectivity index (χ1n) is 6.28. The first kappa shape index (κ1) is 13.9. The highest BCUT2D eigenvalue weighted by Gasteiger charge is 2.01. The van der Waals surface area contributed by atoms with Crippen molar-refractivity contribution in [3.8, 4) is 5.88 Å². The summed E-state index contributed by atoms with van der Waals surface area (Å²) >= 11 is 0. The van der Waals surface area contributed by atoms with Gasteiger partial charge in [-0.2, -0.15) is 0 Å². The number of carbonyl (C=O) groups excluding carboxylic acids is 1. The van der Waals surface area contributed by atoms with Crippen molar-refractivity contribution < 1.29 is 9.53 Å². The van der Waals surface area contributed by atoms with Crippen LogP contribution >= 0.6 is 0 Å². The van der Waals surface area contributed by atoms with Crippen molar-refractivity contribution in [1.29, 1.82) is 0 Å². The van der Waals surface area contributed by atoms with Gasteiger partial charge in [0.1, 0.15) is 0 Å². The molecule has 0 saturated carbocycles. The Hall–Kier alpha value is -2.57. The summed E-state index contributed by atoms with van der Waals surface area (Å²) in [7, 11) is 1.54. The van der Waals surface area contributed by atoms with Crippen LogP contribution in [-0.2, 0) is 6.54 Å². The van der Waals surface area contributed by atoms with Gasteiger partial charge >= 0.3 is 6.03 Å². The van der Waals surface area contributed by atoms with Crippen LogP contribution in [0.5, 0.6) is 5.88 Å². The Morgan fingerprint density at radius 2 is 2.35 bits per heavy atom. The van der Waals surface area contributed by atoms with Gasteiger partial charge in [0.15, 0.2) is 0 Å². The Balaban J connectivity index is 1.66. The fourth-order valence-corrected chi connectivity index (χ4v) is 1.63. The van der Waals surface area contributed by atoms with Crippen LogP contribution in [0, 0.1) is 0 Å². The van der Waals surface area contributed by atoms with Gasteiger partial charge in [0.2, 0.25) is 5.88 Å².